The molecule has 1 N–H and O–H groups in total. The van der Waals surface area contributed by atoms with Crippen molar-refractivity contribution in [1.29, 1.82) is 0 Å². The van der Waals surface area contributed by atoms with Crippen LogP contribution in [0.4, 0.5) is 0 Å². The summed E-state index contributed by atoms with van der Waals surface area (Å²) in [4.78, 5) is 20.5. The molecule has 3 rings (SSSR count). The van der Waals surface area contributed by atoms with Gasteiger partial charge in [0.2, 0.25) is 0 Å². The number of carboxylic acid groups (broad SMARTS) is 1. The second-order valence-electron chi connectivity index (χ2n) is 4.39. The molecule has 0 saturated carbocycles. The molecule has 1 aromatic carbocycles. The molecular formula is C14H12N2O2S. The standard InChI is InChI=1S/C14H12N2O2S/c17-14(18)9-3-1-4-10(7-9)19-13-11-5-2-6-12(11)15-8-16-13/h1,3-4,7-8H,2,5-6H2,(H,17,18). The van der Waals surface area contributed by atoms with E-state index in [2.05, 4.69) is 9.97 Å². The van der Waals surface area contributed by atoms with Gasteiger partial charge in [0.1, 0.15) is 11.4 Å². The van der Waals surface area contributed by atoms with Crippen molar-refractivity contribution in [2.75, 3.05) is 0 Å². The largest absolute Gasteiger partial charge is 0.478 e. The first kappa shape index (κ1) is 12.2. The molecule has 0 atom stereocenters. The number of aromatic nitrogens is 2. The van der Waals surface area contributed by atoms with Gasteiger partial charge in [0, 0.05) is 16.2 Å². The van der Waals surface area contributed by atoms with Crippen LogP contribution >= 0.6 is 11.8 Å². The molecule has 0 radical (unpaired) electrons. The summed E-state index contributed by atoms with van der Waals surface area (Å²) >= 11 is 1.51. The van der Waals surface area contributed by atoms with Crippen LogP contribution in [0, 0.1) is 0 Å². The average molecular weight is 272 g/mol. The predicted molar refractivity (Wildman–Crippen MR) is 71.6 cm³/mol. The number of hydrogen-bond donors (Lipinski definition) is 1. The Labute approximate surface area is 114 Å². The fourth-order valence-corrected chi connectivity index (χ4v) is 3.22. The number of carboxylic acids is 1. The van der Waals surface area contributed by atoms with Gasteiger partial charge in [0.05, 0.1) is 5.56 Å². The van der Waals surface area contributed by atoms with Gasteiger partial charge in [-0.2, -0.15) is 0 Å². The van der Waals surface area contributed by atoms with Gasteiger partial charge >= 0.3 is 5.97 Å². The third-order valence-electron chi connectivity index (χ3n) is 3.13. The van der Waals surface area contributed by atoms with E-state index in [9.17, 15) is 4.79 Å². The van der Waals surface area contributed by atoms with E-state index >= 15 is 0 Å². The maximum absolute atomic E-state index is 11.0. The normalized spacial score (nSPS) is 13.3. The van der Waals surface area contributed by atoms with Gasteiger partial charge in [-0.15, -0.1) is 0 Å². The van der Waals surface area contributed by atoms with Crippen molar-refractivity contribution in [3.63, 3.8) is 0 Å². The third-order valence-corrected chi connectivity index (χ3v) is 4.17. The zero-order chi connectivity index (χ0) is 13.2. The van der Waals surface area contributed by atoms with E-state index in [1.165, 1.54) is 17.3 Å². The number of aromatic carboxylic acids is 1. The van der Waals surface area contributed by atoms with E-state index in [0.29, 0.717) is 5.56 Å². The van der Waals surface area contributed by atoms with Crippen LogP contribution in [0.25, 0.3) is 0 Å². The molecule has 0 fully saturated rings. The molecule has 0 unspecified atom stereocenters. The molecule has 1 aliphatic rings. The van der Waals surface area contributed by atoms with E-state index in [0.717, 1.165) is 34.9 Å². The summed E-state index contributed by atoms with van der Waals surface area (Å²) in [6, 6.07) is 6.93. The Bertz CT molecular complexity index is 643. The molecule has 96 valence electrons. The first-order valence-corrected chi connectivity index (χ1v) is 6.89. The van der Waals surface area contributed by atoms with E-state index in [1.807, 2.05) is 6.07 Å². The highest BCUT2D eigenvalue weighted by Crippen LogP contribution is 2.33. The van der Waals surface area contributed by atoms with Crippen LogP contribution in [0.3, 0.4) is 0 Å². The average Bonchev–Trinajstić information content (AvgIpc) is 2.88. The lowest BCUT2D eigenvalue weighted by Gasteiger charge is -2.06. The topological polar surface area (TPSA) is 63.1 Å². The zero-order valence-electron chi connectivity index (χ0n) is 10.2. The number of fused-ring (bicyclic) bond motifs is 1. The molecule has 2 aromatic rings. The number of benzene rings is 1. The molecule has 0 aliphatic heterocycles. The minimum atomic E-state index is -0.907. The fraction of sp³-hybridized carbons (Fsp3) is 0.214. The van der Waals surface area contributed by atoms with Crippen LogP contribution in [0.2, 0.25) is 0 Å². The molecule has 0 spiro atoms. The molecule has 19 heavy (non-hydrogen) atoms. The van der Waals surface area contributed by atoms with Crippen LogP contribution in [-0.2, 0) is 12.8 Å². The van der Waals surface area contributed by atoms with Crippen molar-refractivity contribution in [1.82, 2.24) is 9.97 Å². The highest BCUT2D eigenvalue weighted by atomic mass is 32.2. The van der Waals surface area contributed by atoms with Crippen LogP contribution in [0.5, 0.6) is 0 Å². The Balaban J connectivity index is 1.92. The second-order valence-corrected chi connectivity index (χ2v) is 5.45. The first-order chi connectivity index (χ1) is 9.24. The summed E-state index contributed by atoms with van der Waals surface area (Å²) in [5.74, 6) is -0.907. The van der Waals surface area contributed by atoms with Crippen LogP contribution in [-0.4, -0.2) is 21.0 Å². The minimum Gasteiger partial charge on any atom is -0.478 e. The molecular weight excluding hydrogens is 260 g/mol. The highest BCUT2D eigenvalue weighted by molar-refractivity contribution is 7.99. The Hall–Kier alpha value is -1.88. The summed E-state index contributed by atoms with van der Waals surface area (Å²) in [7, 11) is 0. The first-order valence-electron chi connectivity index (χ1n) is 6.08. The lowest BCUT2D eigenvalue weighted by Crippen LogP contribution is -1.96. The smallest absolute Gasteiger partial charge is 0.335 e. The molecule has 0 bridgehead atoms. The van der Waals surface area contributed by atoms with E-state index in [-0.39, 0.29) is 0 Å². The summed E-state index contributed by atoms with van der Waals surface area (Å²) in [5.41, 5.74) is 2.65. The van der Waals surface area contributed by atoms with Crippen LogP contribution in [0.15, 0.2) is 40.5 Å². The minimum absolute atomic E-state index is 0.302. The maximum atomic E-state index is 11.0. The Morgan fingerprint density at radius 2 is 2.16 bits per heavy atom. The Morgan fingerprint density at radius 3 is 3.00 bits per heavy atom. The van der Waals surface area contributed by atoms with Gasteiger partial charge in [0.15, 0.2) is 0 Å². The molecule has 1 aromatic heterocycles. The molecule has 1 heterocycles. The van der Waals surface area contributed by atoms with Crippen molar-refractivity contribution in [3.8, 4) is 0 Å². The summed E-state index contributed by atoms with van der Waals surface area (Å²) < 4.78 is 0. The number of aryl methyl sites for hydroxylation is 1. The molecule has 4 nitrogen and oxygen atoms in total. The number of carbonyl (C=O) groups is 1. The van der Waals surface area contributed by atoms with Crippen molar-refractivity contribution in [2.24, 2.45) is 0 Å². The monoisotopic (exact) mass is 272 g/mol. The lowest BCUT2D eigenvalue weighted by atomic mass is 10.2. The quantitative estimate of drug-likeness (QED) is 0.870. The summed E-state index contributed by atoms with van der Waals surface area (Å²) in [6.45, 7) is 0. The van der Waals surface area contributed by atoms with Crippen molar-refractivity contribution in [2.45, 2.75) is 29.2 Å². The van der Waals surface area contributed by atoms with Gasteiger partial charge < -0.3 is 5.11 Å². The molecule has 0 amide bonds. The van der Waals surface area contributed by atoms with E-state index in [4.69, 9.17) is 5.11 Å². The SMILES string of the molecule is O=C(O)c1cccc(Sc2ncnc3c2CCC3)c1. The highest BCUT2D eigenvalue weighted by Gasteiger charge is 2.17. The fourth-order valence-electron chi connectivity index (χ4n) is 2.22. The van der Waals surface area contributed by atoms with Crippen molar-refractivity contribution in [3.05, 3.63) is 47.4 Å². The summed E-state index contributed by atoms with van der Waals surface area (Å²) in [5, 5.41) is 9.94. The third kappa shape index (κ3) is 2.46. The van der Waals surface area contributed by atoms with Crippen molar-refractivity contribution >= 4 is 17.7 Å². The maximum Gasteiger partial charge on any atom is 0.335 e. The van der Waals surface area contributed by atoms with Crippen LogP contribution < -0.4 is 0 Å². The van der Waals surface area contributed by atoms with Gasteiger partial charge in [-0.25, -0.2) is 14.8 Å². The van der Waals surface area contributed by atoms with E-state index < -0.39 is 5.97 Å². The van der Waals surface area contributed by atoms with Gasteiger partial charge in [0.25, 0.3) is 0 Å². The summed E-state index contributed by atoms with van der Waals surface area (Å²) in [6.07, 6.45) is 4.74. The number of nitrogens with zero attached hydrogens (tertiary/aromatic N) is 2. The predicted octanol–water partition coefficient (Wildman–Crippen LogP) is 2.81. The lowest BCUT2D eigenvalue weighted by molar-refractivity contribution is 0.0696. The Kier molecular flexibility index (Phi) is 3.21. The van der Waals surface area contributed by atoms with E-state index in [1.54, 1.807) is 24.5 Å². The van der Waals surface area contributed by atoms with Gasteiger partial charge in [-0.05, 0) is 37.5 Å². The number of rotatable bonds is 3. The van der Waals surface area contributed by atoms with Gasteiger partial charge in [-0.3, -0.25) is 0 Å². The molecule has 5 heteroatoms. The number of hydrogen-bond acceptors (Lipinski definition) is 4. The van der Waals surface area contributed by atoms with Crippen molar-refractivity contribution < 1.29 is 9.90 Å². The molecule has 1 aliphatic carbocycles. The second kappa shape index (κ2) is 5.01. The van der Waals surface area contributed by atoms with Crippen LogP contribution in [0.1, 0.15) is 28.0 Å². The Morgan fingerprint density at radius 1 is 1.26 bits per heavy atom. The van der Waals surface area contributed by atoms with Gasteiger partial charge in [-0.1, -0.05) is 17.8 Å². The molecule has 0 saturated heterocycles. The zero-order valence-corrected chi connectivity index (χ0v) is 11.0.